The fraction of sp³-hybridized carbons (Fsp3) is 0. The van der Waals surface area contributed by atoms with Crippen LogP contribution in [0, 0.1) is 0 Å². The van der Waals surface area contributed by atoms with Crippen LogP contribution in [0.3, 0.4) is 0 Å². The van der Waals surface area contributed by atoms with Crippen molar-refractivity contribution in [3.05, 3.63) is 121 Å². The van der Waals surface area contributed by atoms with Gasteiger partial charge in [-0.3, -0.25) is 9.11 Å². The molecule has 0 amide bonds. The number of nitrogens with zero attached hydrogens (tertiary/aromatic N) is 4. The van der Waals surface area contributed by atoms with Crippen LogP contribution in [0.2, 0.25) is 0 Å². The first-order valence-electron chi connectivity index (χ1n) is 13.4. The van der Waals surface area contributed by atoms with E-state index >= 15 is 0 Å². The molecule has 11 nitrogen and oxygen atoms in total. The Hall–Kier alpha value is -4.34. The maximum absolute atomic E-state index is 12.3. The van der Waals surface area contributed by atoms with Crippen molar-refractivity contribution in [2.24, 2.45) is 20.5 Å². The van der Waals surface area contributed by atoms with Crippen molar-refractivity contribution < 1.29 is 55.5 Å². The number of nitrogens with one attached hydrogen (secondary N) is 1. The second-order valence-corrected chi connectivity index (χ2v) is 12.6. The van der Waals surface area contributed by atoms with E-state index in [-0.39, 0.29) is 50.4 Å². The molecule has 0 atom stereocenters. The Balaban J connectivity index is 0.00000417. The quantitative estimate of drug-likeness (QED) is 0.101. The third-order valence-electron chi connectivity index (χ3n) is 6.84. The standard InChI is InChI=1S/C32H23N5O6S2.Na/c38-44(39,40)23-11-6-10-22(20-23)34-35-27-16-17-28(25-13-5-4-12-24(25)27)36-37-29-18-19-30(33-21-8-2-1-3-9-21)32-26(29)14-7-15-31(32)45(41,42)43;/h1-20,33H,(H,38,39,40)(H,41,42,43);/q;+1. The van der Waals surface area contributed by atoms with E-state index in [4.69, 9.17) is 0 Å². The Kier molecular flexibility index (Phi) is 9.74. The number of rotatable bonds is 8. The van der Waals surface area contributed by atoms with Crippen molar-refractivity contribution in [2.45, 2.75) is 9.79 Å². The molecule has 0 fully saturated rings. The van der Waals surface area contributed by atoms with Gasteiger partial charge >= 0.3 is 29.6 Å². The zero-order valence-corrected chi connectivity index (χ0v) is 27.8. The zero-order chi connectivity index (χ0) is 31.6. The average Bonchev–Trinajstić information content (AvgIpc) is 3.03. The molecule has 0 heterocycles. The molecular weight excluding hydrogens is 638 g/mol. The van der Waals surface area contributed by atoms with E-state index in [0.717, 1.165) is 5.69 Å². The van der Waals surface area contributed by atoms with Gasteiger partial charge in [0.05, 0.1) is 27.6 Å². The first-order chi connectivity index (χ1) is 21.6. The molecule has 224 valence electrons. The van der Waals surface area contributed by atoms with Crippen molar-refractivity contribution >= 4 is 75.9 Å². The van der Waals surface area contributed by atoms with Gasteiger partial charge in [0.1, 0.15) is 4.90 Å². The molecule has 0 saturated carbocycles. The molecule has 0 spiro atoms. The summed E-state index contributed by atoms with van der Waals surface area (Å²) in [6, 6.07) is 33.3. The molecule has 3 N–H and O–H groups in total. The number of hydrogen-bond acceptors (Lipinski definition) is 9. The Bertz CT molecular complexity index is 2370. The number of para-hydroxylation sites is 1. The summed E-state index contributed by atoms with van der Waals surface area (Å²) in [5.74, 6) is 0. The molecule has 0 bridgehead atoms. The van der Waals surface area contributed by atoms with E-state index < -0.39 is 20.2 Å². The maximum Gasteiger partial charge on any atom is 1.00 e. The van der Waals surface area contributed by atoms with Crippen LogP contribution in [-0.4, -0.2) is 25.9 Å². The van der Waals surface area contributed by atoms with Crippen molar-refractivity contribution in [1.82, 2.24) is 0 Å². The van der Waals surface area contributed by atoms with Gasteiger partial charge in [0.2, 0.25) is 0 Å². The number of benzene rings is 6. The number of anilines is 2. The SMILES string of the molecule is O=S(=O)(O)c1cccc(N=Nc2ccc(N=Nc3ccc(Nc4ccccc4)c4c(S(=O)(=O)O)cccc34)c3ccccc23)c1.[Na+]. The molecule has 46 heavy (non-hydrogen) atoms. The third kappa shape index (κ3) is 7.21. The van der Waals surface area contributed by atoms with Crippen LogP contribution in [0.1, 0.15) is 0 Å². The molecule has 0 aromatic heterocycles. The van der Waals surface area contributed by atoms with Gasteiger partial charge in [-0.05, 0) is 60.7 Å². The van der Waals surface area contributed by atoms with Crippen LogP contribution >= 0.6 is 0 Å². The number of hydrogen-bond donors (Lipinski definition) is 3. The minimum absolute atomic E-state index is 0. The summed E-state index contributed by atoms with van der Waals surface area (Å²) in [5.41, 5.74) is 2.80. The Morgan fingerprint density at radius 1 is 0.522 bits per heavy atom. The summed E-state index contributed by atoms with van der Waals surface area (Å²) in [6.07, 6.45) is 0. The molecule has 0 unspecified atom stereocenters. The normalized spacial score (nSPS) is 12.1. The van der Waals surface area contributed by atoms with Gasteiger partial charge in [-0.2, -0.15) is 21.9 Å². The van der Waals surface area contributed by atoms with Gasteiger partial charge in [0.15, 0.2) is 0 Å². The maximum atomic E-state index is 12.3. The van der Waals surface area contributed by atoms with E-state index in [1.165, 1.54) is 30.3 Å². The van der Waals surface area contributed by atoms with Gasteiger partial charge in [0.25, 0.3) is 20.2 Å². The van der Waals surface area contributed by atoms with E-state index in [2.05, 4.69) is 25.8 Å². The molecule has 0 aliphatic carbocycles. The zero-order valence-electron chi connectivity index (χ0n) is 24.2. The van der Waals surface area contributed by atoms with Gasteiger partial charge in [-0.15, -0.1) is 15.3 Å². The topological polar surface area (TPSA) is 170 Å². The van der Waals surface area contributed by atoms with E-state index in [0.29, 0.717) is 38.9 Å². The van der Waals surface area contributed by atoms with Crippen molar-refractivity contribution in [2.75, 3.05) is 5.32 Å². The summed E-state index contributed by atoms with van der Waals surface area (Å²) >= 11 is 0. The number of fused-ring (bicyclic) bond motifs is 2. The Morgan fingerprint density at radius 2 is 1.07 bits per heavy atom. The fourth-order valence-electron chi connectivity index (χ4n) is 4.81. The Morgan fingerprint density at radius 3 is 1.70 bits per heavy atom. The largest absolute Gasteiger partial charge is 1.00 e. The molecule has 0 saturated heterocycles. The summed E-state index contributed by atoms with van der Waals surface area (Å²) in [7, 11) is -8.96. The smallest absolute Gasteiger partial charge is 0.355 e. The van der Waals surface area contributed by atoms with Crippen LogP contribution in [-0.2, 0) is 20.2 Å². The molecule has 0 aliphatic rings. The first-order valence-corrected chi connectivity index (χ1v) is 16.2. The summed E-state index contributed by atoms with van der Waals surface area (Å²) in [6.45, 7) is 0. The second-order valence-electron chi connectivity index (χ2n) is 9.80. The minimum Gasteiger partial charge on any atom is -0.355 e. The van der Waals surface area contributed by atoms with Crippen LogP contribution in [0.5, 0.6) is 0 Å². The van der Waals surface area contributed by atoms with Crippen LogP contribution in [0.15, 0.2) is 152 Å². The van der Waals surface area contributed by atoms with E-state index in [1.54, 1.807) is 36.4 Å². The molecule has 6 aromatic carbocycles. The Labute approximate surface area is 286 Å². The third-order valence-corrected chi connectivity index (χ3v) is 8.59. The van der Waals surface area contributed by atoms with Gasteiger partial charge in [-0.25, -0.2) is 0 Å². The van der Waals surface area contributed by atoms with E-state index in [1.807, 2.05) is 54.6 Å². The molecule has 14 heteroatoms. The first kappa shape index (κ1) is 33.0. The van der Waals surface area contributed by atoms with Crippen LogP contribution in [0.4, 0.5) is 34.1 Å². The minimum atomic E-state index is -4.57. The predicted octanol–water partition coefficient (Wildman–Crippen LogP) is 6.06. The van der Waals surface area contributed by atoms with Crippen molar-refractivity contribution in [3.8, 4) is 0 Å². The fourth-order valence-corrected chi connectivity index (χ4v) is 6.06. The van der Waals surface area contributed by atoms with Crippen LogP contribution < -0.4 is 34.9 Å². The van der Waals surface area contributed by atoms with Crippen LogP contribution in [0.25, 0.3) is 21.5 Å². The second kappa shape index (κ2) is 13.6. The van der Waals surface area contributed by atoms with E-state index in [9.17, 15) is 25.9 Å². The summed E-state index contributed by atoms with van der Waals surface area (Å²) < 4.78 is 67.0. The molecule has 0 aliphatic heterocycles. The van der Waals surface area contributed by atoms with Crippen molar-refractivity contribution in [1.29, 1.82) is 0 Å². The molecular formula is C32H23N5NaO6S2+. The predicted molar refractivity (Wildman–Crippen MR) is 172 cm³/mol. The summed E-state index contributed by atoms with van der Waals surface area (Å²) in [5, 5.41) is 22.7. The summed E-state index contributed by atoms with van der Waals surface area (Å²) in [4.78, 5) is -0.558. The number of azo groups is 2. The molecule has 6 aromatic rings. The monoisotopic (exact) mass is 660 g/mol. The van der Waals surface area contributed by atoms with Gasteiger partial charge in [-0.1, -0.05) is 60.7 Å². The van der Waals surface area contributed by atoms with Gasteiger partial charge < -0.3 is 5.32 Å². The molecule has 6 rings (SSSR count). The van der Waals surface area contributed by atoms with Crippen molar-refractivity contribution in [3.63, 3.8) is 0 Å². The van der Waals surface area contributed by atoms with Gasteiger partial charge in [0, 0.05) is 32.9 Å². The molecule has 0 radical (unpaired) electrons. The average molecular weight is 661 g/mol.